The fraction of sp³-hybridized carbons (Fsp3) is 0.333. The van der Waals surface area contributed by atoms with E-state index in [9.17, 15) is 15.0 Å². The van der Waals surface area contributed by atoms with Crippen molar-refractivity contribution in [1.82, 2.24) is 10.7 Å². The van der Waals surface area contributed by atoms with Gasteiger partial charge in [0.25, 0.3) is 0 Å². The summed E-state index contributed by atoms with van der Waals surface area (Å²) in [6, 6.07) is 14.2. The average molecular weight is 383 g/mol. The molecule has 0 aliphatic carbocycles. The first-order valence-electron chi connectivity index (χ1n) is 9.30. The second-order valence-electron chi connectivity index (χ2n) is 6.85. The summed E-state index contributed by atoms with van der Waals surface area (Å²) in [4.78, 5) is 11.2. The predicted molar refractivity (Wildman–Crippen MR) is 106 cm³/mol. The van der Waals surface area contributed by atoms with E-state index in [-0.39, 0.29) is 17.7 Å². The molecule has 0 radical (unpaired) electrons. The Bertz CT molecular complexity index is 819. The molecule has 28 heavy (non-hydrogen) atoms. The van der Waals surface area contributed by atoms with Gasteiger partial charge in [0.1, 0.15) is 18.1 Å². The van der Waals surface area contributed by atoms with Crippen LogP contribution in [0.3, 0.4) is 0 Å². The smallest absolute Gasteiger partial charge is 0.240 e. The molecular formula is C21H25N3O4. The zero-order valence-electron chi connectivity index (χ0n) is 15.8. The van der Waals surface area contributed by atoms with Crippen LogP contribution in [0.5, 0.6) is 11.5 Å². The lowest BCUT2D eigenvalue weighted by molar-refractivity contribution is -0.121. The minimum Gasteiger partial charge on any atom is -0.508 e. The van der Waals surface area contributed by atoms with Gasteiger partial charge in [-0.25, -0.2) is 5.43 Å². The number of carbonyl (C=O) groups excluding carboxylic acids is 1. The third kappa shape index (κ3) is 5.55. The number of hydrogen-bond acceptors (Lipinski definition) is 6. The SMILES string of the molecule is CC(COc1ccc(C2=NNC(=O)CC2)cc1)NCC(O)c1ccc(O)cc1. The predicted octanol–water partition coefficient (Wildman–Crippen LogP) is 2.10. The minimum absolute atomic E-state index is 0.0457. The van der Waals surface area contributed by atoms with Crippen LogP contribution in [0.4, 0.5) is 0 Å². The Kier molecular flexibility index (Phi) is 6.62. The molecule has 2 aromatic rings. The average Bonchev–Trinajstić information content (AvgIpc) is 2.72. The molecule has 7 nitrogen and oxygen atoms in total. The zero-order chi connectivity index (χ0) is 19.9. The Morgan fingerprint density at radius 3 is 2.50 bits per heavy atom. The van der Waals surface area contributed by atoms with Crippen LogP contribution >= 0.6 is 0 Å². The van der Waals surface area contributed by atoms with Crippen molar-refractivity contribution in [3.8, 4) is 11.5 Å². The standard InChI is InChI=1S/C21H25N3O4/c1-14(22-12-20(26)16-2-6-17(25)7-3-16)13-28-18-8-4-15(5-9-18)19-10-11-21(27)24-23-19/h2-9,14,20,22,25-26H,10-13H2,1H3,(H,24,27). The lowest BCUT2D eigenvalue weighted by Crippen LogP contribution is -2.34. The van der Waals surface area contributed by atoms with E-state index >= 15 is 0 Å². The van der Waals surface area contributed by atoms with E-state index in [4.69, 9.17) is 4.74 Å². The first kappa shape index (κ1) is 19.9. The van der Waals surface area contributed by atoms with E-state index in [0.29, 0.717) is 26.0 Å². The second kappa shape index (κ2) is 9.34. The second-order valence-corrected chi connectivity index (χ2v) is 6.85. The maximum absolute atomic E-state index is 11.2. The molecule has 0 aromatic heterocycles. The van der Waals surface area contributed by atoms with E-state index in [2.05, 4.69) is 15.8 Å². The van der Waals surface area contributed by atoms with Crippen LogP contribution in [0.1, 0.15) is 37.0 Å². The molecule has 2 unspecified atom stereocenters. The van der Waals surface area contributed by atoms with Gasteiger partial charge in [0.15, 0.2) is 0 Å². The molecule has 148 valence electrons. The van der Waals surface area contributed by atoms with Crippen LogP contribution in [0, 0.1) is 0 Å². The molecule has 0 bridgehead atoms. The van der Waals surface area contributed by atoms with Crippen LogP contribution in [0.15, 0.2) is 53.6 Å². The molecule has 1 aliphatic rings. The molecule has 3 rings (SSSR count). The number of nitrogens with zero attached hydrogens (tertiary/aromatic N) is 1. The molecule has 0 fully saturated rings. The number of aromatic hydroxyl groups is 1. The summed E-state index contributed by atoms with van der Waals surface area (Å²) in [5.41, 5.74) is 5.08. The first-order valence-corrected chi connectivity index (χ1v) is 9.30. The summed E-state index contributed by atoms with van der Waals surface area (Å²) in [7, 11) is 0. The van der Waals surface area contributed by atoms with Crippen molar-refractivity contribution in [2.45, 2.75) is 31.9 Å². The van der Waals surface area contributed by atoms with Crippen molar-refractivity contribution in [3.05, 3.63) is 59.7 Å². The van der Waals surface area contributed by atoms with Gasteiger partial charge < -0.3 is 20.3 Å². The third-order valence-electron chi connectivity index (χ3n) is 4.53. The zero-order valence-corrected chi connectivity index (χ0v) is 15.8. The lowest BCUT2D eigenvalue weighted by Gasteiger charge is -2.18. The molecule has 7 heteroatoms. The number of aliphatic hydroxyl groups is 1. The highest BCUT2D eigenvalue weighted by molar-refractivity contribution is 6.04. The van der Waals surface area contributed by atoms with E-state index < -0.39 is 6.10 Å². The number of hydrazone groups is 1. The number of aliphatic hydroxyl groups excluding tert-OH is 1. The fourth-order valence-electron chi connectivity index (χ4n) is 2.83. The van der Waals surface area contributed by atoms with Gasteiger partial charge in [-0.1, -0.05) is 12.1 Å². The molecule has 2 aromatic carbocycles. The number of nitrogens with one attached hydrogen (secondary N) is 2. The normalized spacial score (nSPS) is 16.1. The molecule has 1 amide bonds. The summed E-state index contributed by atoms with van der Waals surface area (Å²) >= 11 is 0. The molecule has 0 spiro atoms. The lowest BCUT2D eigenvalue weighted by atomic mass is 10.0. The maximum atomic E-state index is 11.2. The maximum Gasteiger partial charge on any atom is 0.240 e. The van der Waals surface area contributed by atoms with Crippen LogP contribution in [0.2, 0.25) is 0 Å². The van der Waals surface area contributed by atoms with Gasteiger partial charge in [-0.05, 0) is 54.4 Å². The van der Waals surface area contributed by atoms with Gasteiger partial charge in [0, 0.05) is 25.4 Å². The summed E-state index contributed by atoms with van der Waals surface area (Å²) in [6.45, 7) is 2.83. The van der Waals surface area contributed by atoms with E-state index in [0.717, 1.165) is 22.6 Å². The number of phenolic OH excluding ortho intramolecular Hbond substituents is 1. The van der Waals surface area contributed by atoms with Crippen molar-refractivity contribution in [1.29, 1.82) is 0 Å². The van der Waals surface area contributed by atoms with Gasteiger partial charge in [-0.3, -0.25) is 4.79 Å². The van der Waals surface area contributed by atoms with E-state index in [1.165, 1.54) is 0 Å². The summed E-state index contributed by atoms with van der Waals surface area (Å²) < 4.78 is 5.79. The number of phenols is 1. The van der Waals surface area contributed by atoms with Crippen LogP contribution in [-0.4, -0.2) is 41.0 Å². The highest BCUT2D eigenvalue weighted by atomic mass is 16.5. The van der Waals surface area contributed by atoms with Gasteiger partial charge in [0.2, 0.25) is 5.91 Å². The molecule has 2 atom stereocenters. The van der Waals surface area contributed by atoms with E-state index in [1.54, 1.807) is 24.3 Å². The van der Waals surface area contributed by atoms with Crippen LogP contribution in [-0.2, 0) is 4.79 Å². The minimum atomic E-state index is -0.654. The Morgan fingerprint density at radius 1 is 1.14 bits per heavy atom. The summed E-state index contributed by atoms with van der Waals surface area (Å²) in [5, 5.41) is 26.8. The van der Waals surface area contributed by atoms with Crippen LogP contribution < -0.4 is 15.5 Å². The molecule has 0 saturated heterocycles. The highest BCUT2D eigenvalue weighted by Gasteiger charge is 2.13. The fourth-order valence-corrected chi connectivity index (χ4v) is 2.83. The van der Waals surface area contributed by atoms with Gasteiger partial charge in [0.05, 0.1) is 11.8 Å². The summed E-state index contributed by atoms with van der Waals surface area (Å²) in [5.74, 6) is 0.870. The van der Waals surface area contributed by atoms with Gasteiger partial charge >= 0.3 is 0 Å². The van der Waals surface area contributed by atoms with Crippen molar-refractivity contribution in [2.75, 3.05) is 13.2 Å². The number of benzene rings is 2. The van der Waals surface area contributed by atoms with Gasteiger partial charge in [-0.15, -0.1) is 0 Å². The molecule has 4 N–H and O–H groups in total. The quantitative estimate of drug-likeness (QED) is 0.559. The van der Waals surface area contributed by atoms with E-state index in [1.807, 2.05) is 31.2 Å². The number of carbonyl (C=O) groups is 1. The summed E-state index contributed by atoms with van der Waals surface area (Å²) in [6.07, 6.45) is 0.436. The Hall–Kier alpha value is -2.90. The third-order valence-corrected chi connectivity index (χ3v) is 4.53. The Balaban J connectivity index is 1.43. The molecule has 0 saturated carbocycles. The first-order chi connectivity index (χ1) is 13.5. The monoisotopic (exact) mass is 383 g/mol. The van der Waals surface area contributed by atoms with Crippen molar-refractivity contribution in [2.24, 2.45) is 5.10 Å². The van der Waals surface area contributed by atoms with Crippen molar-refractivity contribution < 1.29 is 19.7 Å². The van der Waals surface area contributed by atoms with Crippen molar-refractivity contribution in [3.63, 3.8) is 0 Å². The number of hydrogen-bond donors (Lipinski definition) is 4. The molecular weight excluding hydrogens is 358 g/mol. The number of rotatable bonds is 8. The van der Waals surface area contributed by atoms with Crippen molar-refractivity contribution >= 4 is 11.6 Å². The topological polar surface area (TPSA) is 103 Å². The largest absolute Gasteiger partial charge is 0.508 e. The number of amides is 1. The Labute approximate surface area is 164 Å². The Morgan fingerprint density at radius 2 is 1.86 bits per heavy atom. The molecule has 1 heterocycles. The van der Waals surface area contributed by atoms with Crippen LogP contribution in [0.25, 0.3) is 0 Å². The highest BCUT2D eigenvalue weighted by Crippen LogP contribution is 2.17. The molecule has 1 aliphatic heterocycles. The van der Waals surface area contributed by atoms with Gasteiger partial charge in [-0.2, -0.15) is 5.10 Å². The number of ether oxygens (including phenoxy) is 1.